The molecule has 1 aromatic heterocycles. The lowest BCUT2D eigenvalue weighted by atomic mass is 10.2. The van der Waals surface area contributed by atoms with Gasteiger partial charge in [-0.2, -0.15) is 4.31 Å². The number of piperidine rings is 1. The van der Waals surface area contributed by atoms with Crippen molar-refractivity contribution in [1.82, 2.24) is 9.21 Å². The molecule has 0 atom stereocenters. The van der Waals surface area contributed by atoms with E-state index in [0.717, 1.165) is 24.1 Å². The number of sulfonamides is 1. The second-order valence-electron chi connectivity index (χ2n) is 5.43. The van der Waals surface area contributed by atoms with Crippen molar-refractivity contribution in [1.29, 1.82) is 0 Å². The smallest absolute Gasteiger partial charge is 0.252 e. The van der Waals surface area contributed by atoms with E-state index in [0.29, 0.717) is 30.4 Å². The van der Waals surface area contributed by atoms with Crippen molar-refractivity contribution < 1.29 is 13.2 Å². The third-order valence-electron chi connectivity index (χ3n) is 3.99. The molecule has 0 unspecified atom stereocenters. The summed E-state index contributed by atoms with van der Waals surface area (Å²) in [7, 11) is -3.38. The standard InChI is InChI=1S/C15H24N2O3S2/c1-3-16(4-2)14(18)12-13-8-9-15(21-13)22(19,20)17-10-6-5-7-11-17/h8-9H,3-7,10-12H2,1-2H3. The van der Waals surface area contributed by atoms with Crippen LogP contribution in [0.25, 0.3) is 0 Å². The van der Waals surface area contributed by atoms with Crippen LogP contribution in [0.4, 0.5) is 0 Å². The van der Waals surface area contributed by atoms with Crippen molar-refractivity contribution in [3.63, 3.8) is 0 Å². The van der Waals surface area contributed by atoms with Gasteiger partial charge in [-0.3, -0.25) is 4.79 Å². The number of nitrogens with zero attached hydrogens (tertiary/aromatic N) is 2. The molecular weight excluding hydrogens is 320 g/mol. The monoisotopic (exact) mass is 344 g/mol. The molecule has 7 heteroatoms. The predicted molar refractivity (Wildman–Crippen MR) is 88.6 cm³/mol. The lowest BCUT2D eigenvalue weighted by Crippen LogP contribution is -2.35. The van der Waals surface area contributed by atoms with Gasteiger partial charge in [-0.25, -0.2) is 8.42 Å². The molecule has 0 aromatic carbocycles. The largest absolute Gasteiger partial charge is 0.343 e. The summed E-state index contributed by atoms with van der Waals surface area (Å²) < 4.78 is 27.1. The maximum absolute atomic E-state index is 12.6. The van der Waals surface area contributed by atoms with Crippen LogP contribution in [0, 0.1) is 0 Å². The van der Waals surface area contributed by atoms with E-state index < -0.39 is 10.0 Å². The van der Waals surface area contributed by atoms with Crippen LogP contribution in [0.15, 0.2) is 16.3 Å². The molecule has 0 N–H and O–H groups in total. The zero-order valence-corrected chi connectivity index (χ0v) is 14.9. The van der Waals surface area contributed by atoms with E-state index in [1.54, 1.807) is 21.3 Å². The van der Waals surface area contributed by atoms with Gasteiger partial charge in [-0.1, -0.05) is 6.42 Å². The maximum atomic E-state index is 12.6. The summed E-state index contributed by atoms with van der Waals surface area (Å²) in [5, 5.41) is 0. The van der Waals surface area contributed by atoms with E-state index >= 15 is 0 Å². The molecule has 5 nitrogen and oxygen atoms in total. The number of carbonyl (C=O) groups excluding carboxylic acids is 1. The molecule has 1 aliphatic rings. The first kappa shape index (κ1) is 17.4. The number of carbonyl (C=O) groups is 1. The molecule has 1 aliphatic heterocycles. The first-order valence-electron chi connectivity index (χ1n) is 7.85. The molecule has 22 heavy (non-hydrogen) atoms. The first-order chi connectivity index (χ1) is 10.5. The van der Waals surface area contributed by atoms with Crippen LogP contribution < -0.4 is 0 Å². The Morgan fingerprint density at radius 2 is 1.82 bits per heavy atom. The van der Waals surface area contributed by atoms with Gasteiger partial charge in [-0.05, 0) is 38.8 Å². The number of thiophene rings is 1. The van der Waals surface area contributed by atoms with Gasteiger partial charge >= 0.3 is 0 Å². The number of hydrogen-bond donors (Lipinski definition) is 0. The average molecular weight is 345 g/mol. The average Bonchev–Trinajstić information content (AvgIpc) is 2.98. The molecule has 1 fully saturated rings. The van der Waals surface area contributed by atoms with Crippen LogP contribution in [0.1, 0.15) is 38.0 Å². The molecule has 0 aliphatic carbocycles. The summed E-state index contributed by atoms with van der Waals surface area (Å²) in [6.07, 6.45) is 3.23. The van der Waals surface area contributed by atoms with Crippen molar-refractivity contribution in [2.24, 2.45) is 0 Å². The maximum Gasteiger partial charge on any atom is 0.252 e. The molecule has 0 spiro atoms. The van der Waals surface area contributed by atoms with Crippen LogP contribution in [0.5, 0.6) is 0 Å². The summed E-state index contributed by atoms with van der Waals surface area (Å²) >= 11 is 1.22. The van der Waals surface area contributed by atoms with Crippen molar-refractivity contribution in [2.45, 2.75) is 43.7 Å². The van der Waals surface area contributed by atoms with E-state index in [2.05, 4.69) is 0 Å². The molecule has 2 rings (SSSR count). The van der Waals surface area contributed by atoms with Gasteiger partial charge < -0.3 is 4.90 Å². The Labute approximate surface area is 137 Å². The lowest BCUT2D eigenvalue weighted by Gasteiger charge is -2.25. The Kier molecular flexibility index (Phi) is 6.00. The fourth-order valence-electron chi connectivity index (χ4n) is 2.66. The highest BCUT2D eigenvalue weighted by atomic mass is 32.2. The van der Waals surface area contributed by atoms with E-state index in [1.807, 2.05) is 13.8 Å². The highest BCUT2D eigenvalue weighted by Crippen LogP contribution is 2.27. The van der Waals surface area contributed by atoms with E-state index in [-0.39, 0.29) is 12.3 Å². The van der Waals surface area contributed by atoms with Crippen LogP contribution in [0.2, 0.25) is 0 Å². The Bertz CT molecular complexity index is 600. The Balaban J connectivity index is 2.09. The van der Waals surface area contributed by atoms with Gasteiger partial charge in [0.25, 0.3) is 10.0 Å². The van der Waals surface area contributed by atoms with Crippen molar-refractivity contribution in [3.8, 4) is 0 Å². The second-order valence-corrected chi connectivity index (χ2v) is 8.76. The lowest BCUT2D eigenvalue weighted by molar-refractivity contribution is -0.130. The fraction of sp³-hybridized carbons (Fsp3) is 0.667. The Hall–Kier alpha value is -0.920. The fourth-order valence-corrected chi connectivity index (χ4v) is 5.68. The summed E-state index contributed by atoms with van der Waals surface area (Å²) in [6.45, 7) is 6.46. The molecule has 0 saturated carbocycles. The third-order valence-corrected chi connectivity index (χ3v) is 7.44. The normalized spacial score (nSPS) is 16.6. The Morgan fingerprint density at radius 3 is 2.41 bits per heavy atom. The van der Waals surface area contributed by atoms with Gasteiger partial charge in [0.15, 0.2) is 0 Å². The summed E-state index contributed by atoms with van der Waals surface area (Å²) in [5.74, 6) is 0.0498. The molecule has 2 heterocycles. The van der Waals surface area contributed by atoms with Gasteiger partial charge in [0.1, 0.15) is 4.21 Å². The van der Waals surface area contributed by atoms with Crippen LogP contribution in [0.3, 0.4) is 0 Å². The molecule has 124 valence electrons. The van der Waals surface area contributed by atoms with Crippen LogP contribution in [-0.2, 0) is 21.2 Å². The highest BCUT2D eigenvalue weighted by Gasteiger charge is 2.27. The van der Waals surface area contributed by atoms with Crippen molar-refractivity contribution in [2.75, 3.05) is 26.2 Å². The SMILES string of the molecule is CCN(CC)C(=O)Cc1ccc(S(=O)(=O)N2CCCCC2)s1. The number of amides is 1. The highest BCUT2D eigenvalue weighted by molar-refractivity contribution is 7.91. The molecule has 0 bridgehead atoms. The summed E-state index contributed by atoms with van der Waals surface area (Å²) in [6, 6.07) is 3.41. The minimum Gasteiger partial charge on any atom is -0.343 e. The zero-order chi connectivity index (χ0) is 16.2. The summed E-state index contributed by atoms with van der Waals surface area (Å²) in [5.41, 5.74) is 0. The van der Waals surface area contributed by atoms with E-state index in [9.17, 15) is 13.2 Å². The van der Waals surface area contributed by atoms with Crippen molar-refractivity contribution in [3.05, 3.63) is 17.0 Å². The second kappa shape index (κ2) is 7.57. The van der Waals surface area contributed by atoms with Gasteiger partial charge in [0.2, 0.25) is 5.91 Å². The molecule has 0 radical (unpaired) electrons. The number of hydrogen-bond acceptors (Lipinski definition) is 4. The summed E-state index contributed by atoms with van der Waals surface area (Å²) in [4.78, 5) is 14.7. The topological polar surface area (TPSA) is 57.7 Å². The first-order valence-corrected chi connectivity index (χ1v) is 10.1. The number of likely N-dealkylation sites (N-methyl/N-ethyl adjacent to an activating group) is 1. The quantitative estimate of drug-likeness (QED) is 0.796. The van der Waals surface area contributed by atoms with Crippen molar-refractivity contribution >= 4 is 27.3 Å². The Morgan fingerprint density at radius 1 is 1.18 bits per heavy atom. The minimum absolute atomic E-state index is 0.0498. The zero-order valence-electron chi connectivity index (χ0n) is 13.2. The van der Waals surface area contributed by atoms with E-state index in [1.165, 1.54) is 11.3 Å². The third kappa shape index (κ3) is 3.88. The van der Waals surface area contributed by atoms with Gasteiger partial charge in [0.05, 0.1) is 6.42 Å². The predicted octanol–water partition coefficient (Wildman–Crippen LogP) is 2.33. The van der Waals surface area contributed by atoms with Gasteiger partial charge in [-0.15, -0.1) is 11.3 Å². The van der Waals surface area contributed by atoms with Crippen LogP contribution >= 0.6 is 11.3 Å². The minimum atomic E-state index is -3.38. The van der Waals surface area contributed by atoms with Crippen LogP contribution in [-0.4, -0.2) is 49.7 Å². The molecule has 1 aromatic rings. The molecular formula is C15H24N2O3S2. The molecule has 1 amide bonds. The van der Waals surface area contributed by atoms with Gasteiger partial charge in [0, 0.05) is 31.1 Å². The number of rotatable bonds is 6. The van der Waals surface area contributed by atoms with E-state index in [4.69, 9.17) is 0 Å². The molecule has 1 saturated heterocycles.